The van der Waals surface area contributed by atoms with Crippen LogP contribution < -0.4 is 0 Å². The van der Waals surface area contributed by atoms with Gasteiger partial charge in [-0.05, 0) is 18.2 Å². The summed E-state index contributed by atoms with van der Waals surface area (Å²) in [5.41, 5.74) is 0.764. The molecule has 0 amide bonds. The van der Waals surface area contributed by atoms with E-state index < -0.39 is 5.97 Å². The molecule has 0 aliphatic rings. The molecule has 0 saturated carbocycles. The summed E-state index contributed by atoms with van der Waals surface area (Å²) in [7, 11) is 1.58. The predicted molar refractivity (Wildman–Crippen MR) is 58.9 cm³/mol. The molecule has 6 nitrogen and oxygen atoms in total. The Hall–Kier alpha value is -2.50. The number of phenolic OH excluding ortho intramolecular Hbond substituents is 2. The van der Waals surface area contributed by atoms with Crippen molar-refractivity contribution in [3.63, 3.8) is 0 Å². The van der Waals surface area contributed by atoms with Crippen LogP contribution >= 0.6 is 0 Å². The van der Waals surface area contributed by atoms with E-state index >= 15 is 0 Å². The number of carboxylic acid groups (broad SMARTS) is 1. The van der Waals surface area contributed by atoms with E-state index in [2.05, 4.69) is 5.10 Å². The maximum absolute atomic E-state index is 10.8. The zero-order valence-corrected chi connectivity index (χ0v) is 8.95. The minimum Gasteiger partial charge on any atom is -0.508 e. The van der Waals surface area contributed by atoms with E-state index in [-0.39, 0.29) is 17.2 Å². The fraction of sp³-hybridized carbons (Fsp3) is 0.0909. The Labute approximate surface area is 96.4 Å². The first-order valence-corrected chi connectivity index (χ1v) is 4.78. The molecular weight excluding hydrogens is 224 g/mol. The summed E-state index contributed by atoms with van der Waals surface area (Å²) in [5, 5.41) is 31.4. The van der Waals surface area contributed by atoms with Gasteiger partial charge in [0.05, 0.1) is 5.69 Å². The standard InChI is InChI=1S/C11H10N2O4/c1-13-9(5-8(12-13)11(16)17)7-3-2-6(14)4-10(7)15/h2-5,14-15H,1H3,(H,16,17). The number of aryl methyl sites for hydroxylation is 1. The largest absolute Gasteiger partial charge is 0.508 e. The van der Waals surface area contributed by atoms with Gasteiger partial charge in [0.2, 0.25) is 0 Å². The molecular formula is C11H10N2O4. The number of benzene rings is 1. The summed E-state index contributed by atoms with van der Waals surface area (Å²) in [6, 6.07) is 5.44. The first-order valence-electron chi connectivity index (χ1n) is 4.78. The van der Waals surface area contributed by atoms with Crippen molar-refractivity contribution in [3.8, 4) is 22.8 Å². The molecule has 0 atom stereocenters. The van der Waals surface area contributed by atoms with Gasteiger partial charge in [-0.3, -0.25) is 4.68 Å². The molecule has 0 bridgehead atoms. The molecule has 1 aromatic heterocycles. The number of hydrogen-bond donors (Lipinski definition) is 3. The highest BCUT2D eigenvalue weighted by atomic mass is 16.4. The van der Waals surface area contributed by atoms with Crippen LogP contribution in [-0.2, 0) is 7.05 Å². The average molecular weight is 234 g/mol. The first-order chi connectivity index (χ1) is 7.99. The summed E-state index contributed by atoms with van der Waals surface area (Å²) < 4.78 is 1.36. The van der Waals surface area contributed by atoms with Gasteiger partial charge < -0.3 is 15.3 Å². The summed E-state index contributed by atoms with van der Waals surface area (Å²) in [5.74, 6) is -1.33. The SMILES string of the molecule is Cn1nc(C(=O)O)cc1-c1ccc(O)cc1O. The molecule has 0 spiro atoms. The number of carbonyl (C=O) groups is 1. The number of aromatic nitrogens is 2. The van der Waals surface area contributed by atoms with Crippen molar-refractivity contribution in [1.82, 2.24) is 9.78 Å². The molecule has 88 valence electrons. The number of rotatable bonds is 2. The van der Waals surface area contributed by atoms with Gasteiger partial charge in [-0.15, -0.1) is 0 Å². The first kappa shape index (κ1) is 11.0. The Morgan fingerprint density at radius 2 is 2.00 bits per heavy atom. The highest BCUT2D eigenvalue weighted by Gasteiger charge is 2.15. The third-order valence-corrected chi connectivity index (χ3v) is 2.36. The highest BCUT2D eigenvalue weighted by Crippen LogP contribution is 2.31. The van der Waals surface area contributed by atoms with Gasteiger partial charge >= 0.3 is 5.97 Å². The van der Waals surface area contributed by atoms with Gasteiger partial charge in [-0.25, -0.2) is 4.79 Å². The van der Waals surface area contributed by atoms with Crippen LogP contribution in [0.15, 0.2) is 24.3 Å². The molecule has 0 aliphatic heterocycles. The van der Waals surface area contributed by atoms with Gasteiger partial charge in [-0.1, -0.05) is 0 Å². The minimum atomic E-state index is -1.13. The summed E-state index contributed by atoms with van der Waals surface area (Å²) in [6.45, 7) is 0. The number of aromatic hydroxyl groups is 2. The molecule has 2 rings (SSSR count). The van der Waals surface area contributed by atoms with E-state index in [0.29, 0.717) is 11.3 Å². The van der Waals surface area contributed by atoms with E-state index in [1.807, 2.05) is 0 Å². The zero-order chi connectivity index (χ0) is 12.6. The van der Waals surface area contributed by atoms with E-state index in [0.717, 1.165) is 0 Å². The Bertz CT molecular complexity index is 589. The lowest BCUT2D eigenvalue weighted by molar-refractivity contribution is 0.0689. The van der Waals surface area contributed by atoms with Crippen molar-refractivity contribution in [3.05, 3.63) is 30.0 Å². The molecule has 3 N–H and O–H groups in total. The van der Waals surface area contributed by atoms with Crippen molar-refractivity contribution in [2.75, 3.05) is 0 Å². The summed E-state index contributed by atoms with van der Waals surface area (Å²) in [4.78, 5) is 10.8. The third-order valence-electron chi connectivity index (χ3n) is 2.36. The molecule has 1 heterocycles. The normalized spacial score (nSPS) is 10.4. The predicted octanol–water partition coefficient (Wildman–Crippen LogP) is 1.20. The Balaban J connectivity index is 2.56. The van der Waals surface area contributed by atoms with Crippen LogP contribution in [0.1, 0.15) is 10.5 Å². The molecule has 0 aliphatic carbocycles. The minimum absolute atomic E-state index is 0.0631. The van der Waals surface area contributed by atoms with Crippen LogP contribution in [0.4, 0.5) is 0 Å². The van der Waals surface area contributed by atoms with Crippen molar-refractivity contribution in [1.29, 1.82) is 0 Å². The average Bonchev–Trinajstić information content (AvgIpc) is 2.61. The highest BCUT2D eigenvalue weighted by molar-refractivity contribution is 5.87. The lowest BCUT2D eigenvalue weighted by Gasteiger charge is -2.04. The molecule has 2 aromatic rings. The molecule has 17 heavy (non-hydrogen) atoms. The number of nitrogens with zero attached hydrogens (tertiary/aromatic N) is 2. The molecule has 6 heteroatoms. The van der Waals surface area contributed by atoms with Gasteiger partial charge in [0.25, 0.3) is 0 Å². The van der Waals surface area contributed by atoms with Crippen LogP contribution in [-0.4, -0.2) is 31.1 Å². The molecule has 0 radical (unpaired) electrons. The number of phenols is 2. The molecule has 0 saturated heterocycles. The van der Waals surface area contributed by atoms with Crippen LogP contribution in [0.3, 0.4) is 0 Å². The maximum Gasteiger partial charge on any atom is 0.356 e. The fourth-order valence-electron chi connectivity index (χ4n) is 1.56. The van der Waals surface area contributed by atoms with Gasteiger partial charge in [0, 0.05) is 18.7 Å². The van der Waals surface area contributed by atoms with E-state index in [9.17, 15) is 15.0 Å². The van der Waals surface area contributed by atoms with Crippen LogP contribution in [0.25, 0.3) is 11.3 Å². The second-order valence-electron chi connectivity index (χ2n) is 3.55. The van der Waals surface area contributed by atoms with Crippen LogP contribution in [0.2, 0.25) is 0 Å². The Morgan fingerprint density at radius 1 is 1.29 bits per heavy atom. The topological polar surface area (TPSA) is 95.6 Å². The van der Waals surface area contributed by atoms with E-state index in [4.69, 9.17) is 5.11 Å². The van der Waals surface area contributed by atoms with Crippen molar-refractivity contribution in [2.24, 2.45) is 7.05 Å². The van der Waals surface area contributed by atoms with Gasteiger partial charge in [0.15, 0.2) is 5.69 Å². The third kappa shape index (κ3) is 1.92. The lowest BCUT2D eigenvalue weighted by atomic mass is 10.1. The van der Waals surface area contributed by atoms with Crippen LogP contribution in [0, 0.1) is 0 Å². The second kappa shape index (κ2) is 3.82. The van der Waals surface area contributed by atoms with E-state index in [1.54, 1.807) is 7.05 Å². The quantitative estimate of drug-likeness (QED) is 0.725. The van der Waals surface area contributed by atoms with Crippen LogP contribution in [0.5, 0.6) is 11.5 Å². The van der Waals surface area contributed by atoms with Crippen molar-refractivity contribution < 1.29 is 20.1 Å². The smallest absolute Gasteiger partial charge is 0.356 e. The van der Waals surface area contributed by atoms with Gasteiger partial charge in [-0.2, -0.15) is 5.10 Å². The lowest BCUT2D eigenvalue weighted by Crippen LogP contribution is -1.99. The van der Waals surface area contributed by atoms with E-state index in [1.165, 1.54) is 28.9 Å². The second-order valence-corrected chi connectivity index (χ2v) is 3.55. The maximum atomic E-state index is 10.8. The molecule has 0 fully saturated rings. The summed E-state index contributed by atoms with van der Waals surface area (Å²) in [6.07, 6.45) is 0. The molecule has 0 unspecified atom stereocenters. The number of carboxylic acids is 1. The Morgan fingerprint density at radius 3 is 2.53 bits per heavy atom. The number of hydrogen-bond acceptors (Lipinski definition) is 4. The monoisotopic (exact) mass is 234 g/mol. The number of aromatic carboxylic acids is 1. The van der Waals surface area contributed by atoms with Crippen molar-refractivity contribution >= 4 is 5.97 Å². The molecule has 1 aromatic carbocycles. The summed E-state index contributed by atoms with van der Waals surface area (Å²) >= 11 is 0. The van der Waals surface area contributed by atoms with Crippen molar-refractivity contribution in [2.45, 2.75) is 0 Å². The fourth-order valence-corrected chi connectivity index (χ4v) is 1.56. The van der Waals surface area contributed by atoms with Gasteiger partial charge in [0.1, 0.15) is 11.5 Å². The Kier molecular flexibility index (Phi) is 2.47. The zero-order valence-electron chi connectivity index (χ0n) is 8.95.